The molecule has 0 atom stereocenters. The average Bonchev–Trinajstić information content (AvgIpc) is 2.46. The second-order valence-electron chi connectivity index (χ2n) is 4.06. The molecule has 20 heavy (non-hydrogen) atoms. The van der Waals surface area contributed by atoms with Crippen molar-refractivity contribution in [1.29, 1.82) is 0 Å². The van der Waals surface area contributed by atoms with Gasteiger partial charge in [-0.3, -0.25) is 9.78 Å². The minimum atomic E-state index is -0.200. The number of nitrogens with one attached hydrogen (secondary N) is 1. The summed E-state index contributed by atoms with van der Waals surface area (Å²) in [5.41, 5.74) is 1.10. The fraction of sp³-hybridized carbons (Fsp3) is 0. The number of halogens is 1. The van der Waals surface area contributed by atoms with Gasteiger partial charge in [0, 0.05) is 18.0 Å². The van der Waals surface area contributed by atoms with Gasteiger partial charge in [0.2, 0.25) is 0 Å². The SMILES string of the molecule is O=c1[nH]c(C=Cc2cccnc2Cl)nc2cnccc12. The number of aromatic amines is 1. The van der Waals surface area contributed by atoms with E-state index in [0.717, 1.165) is 5.56 Å². The highest BCUT2D eigenvalue weighted by Gasteiger charge is 2.01. The van der Waals surface area contributed by atoms with E-state index < -0.39 is 0 Å². The van der Waals surface area contributed by atoms with Gasteiger partial charge >= 0.3 is 0 Å². The van der Waals surface area contributed by atoms with Crippen LogP contribution in [0.15, 0.2) is 41.6 Å². The summed E-state index contributed by atoms with van der Waals surface area (Å²) < 4.78 is 0. The first-order valence-electron chi connectivity index (χ1n) is 5.87. The molecule has 3 heterocycles. The van der Waals surface area contributed by atoms with E-state index in [4.69, 9.17) is 11.6 Å². The van der Waals surface area contributed by atoms with Crippen molar-refractivity contribution >= 4 is 34.7 Å². The molecule has 0 unspecified atom stereocenters. The number of nitrogens with zero attached hydrogens (tertiary/aromatic N) is 3. The first-order valence-corrected chi connectivity index (χ1v) is 6.24. The standard InChI is InChI=1S/C14H9ClN4O/c15-13-9(2-1-6-17-13)3-4-12-18-11-8-16-7-5-10(11)14(20)19-12/h1-8H,(H,18,19,20). The van der Waals surface area contributed by atoms with Crippen molar-refractivity contribution in [1.82, 2.24) is 19.9 Å². The molecule has 0 aliphatic carbocycles. The molecule has 0 saturated carbocycles. The summed E-state index contributed by atoms with van der Waals surface area (Å²) >= 11 is 5.95. The van der Waals surface area contributed by atoms with Crippen molar-refractivity contribution in [2.24, 2.45) is 0 Å². The van der Waals surface area contributed by atoms with Crippen LogP contribution in [0.4, 0.5) is 0 Å². The topological polar surface area (TPSA) is 71.5 Å². The van der Waals surface area contributed by atoms with Crippen LogP contribution in [0.25, 0.3) is 23.1 Å². The minimum absolute atomic E-state index is 0.200. The van der Waals surface area contributed by atoms with Crippen LogP contribution < -0.4 is 5.56 Å². The second kappa shape index (κ2) is 5.22. The van der Waals surface area contributed by atoms with Gasteiger partial charge in [0.1, 0.15) is 11.0 Å². The van der Waals surface area contributed by atoms with Gasteiger partial charge < -0.3 is 4.98 Å². The maximum absolute atomic E-state index is 11.9. The number of pyridine rings is 2. The predicted molar refractivity (Wildman–Crippen MR) is 78.3 cm³/mol. The van der Waals surface area contributed by atoms with Crippen LogP contribution in [0.1, 0.15) is 11.4 Å². The fourth-order valence-electron chi connectivity index (χ4n) is 1.78. The zero-order valence-electron chi connectivity index (χ0n) is 10.2. The number of H-pyrrole nitrogens is 1. The van der Waals surface area contributed by atoms with Gasteiger partial charge in [-0.2, -0.15) is 0 Å². The largest absolute Gasteiger partial charge is 0.306 e. The van der Waals surface area contributed by atoms with Crippen LogP contribution in [-0.4, -0.2) is 19.9 Å². The van der Waals surface area contributed by atoms with Crippen LogP contribution in [0.5, 0.6) is 0 Å². The lowest BCUT2D eigenvalue weighted by Gasteiger charge is -1.98. The van der Waals surface area contributed by atoms with E-state index in [9.17, 15) is 4.79 Å². The van der Waals surface area contributed by atoms with Crippen LogP contribution in [0.3, 0.4) is 0 Å². The summed E-state index contributed by atoms with van der Waals surface area (Å²) in [7, 11) is 0. The molecule has 98 valence electrons. The highest BCUT2D eigenvalue weighted by Crippen LogP contribution is 2.14. The molecule has 0 radical (unpaired) electrons. The van der Waals surface area contributed by atoms with Gasteiger partial charge in [0.15, 0.2) is 0 Å². The maximum Gasteiger partial charge on any atom is 0.259 e. The zero-order chi connectivity index (χ0) is 13.9. The van der Waals surface area contributed by atoms with Gasteiger partial charge in [0.25, 0.3) is 5.56 Å². The number of fused-ring (bicyclic) bond motifs is 1. The molecule has 3 rings (SSSR count). The summed E-state index contributed by atoms with van der Waals surface area (Å²) in [5, 5.41) is 0.908. The van der Waals surface area contributed by atoms with E-state index in [0.29, 0.717) is 21.9 Å². The maximum atomic E-state index is 11.9. The lowest BCUT2D eigenvalue weighted by atomic mass is 10.2. The van der Waals surface area contributed by atoms with Crippen molar-refractivity contribution in [2.45, 2.75) is 0 Å². The number of hydrogen-bond acceptors (Lipinski definition) is 4. The quantitative estimate of drug-likeness (QED) is 0.734. The molecule has 1 N–H and O–H groups in total. The molecule has 0 spiro atoms. The Hall–Kier alpha value is -2.53. The minimum Gasteiger partial charge on any atom is -0.306 e. The van der Waals surface area contributed by atoms with Crippen LogP contribution in [0.2, 0.25) is 5.15 Å². The highest BCUT2D eigenvalue weighted by atomic mass is 35.5. The van der Waals surface area contributed by atoms with Gasteiger partial charge in [-0.25, -0.2) is 9.97 Å². The van der Waals surface area contributed by atoms with Gasteiger partial charge in [-0.15, -0.1) is 0 Å². The van der Waals surface area contributed by atoms with E-state index in [1.165, 1.54) is 0 Å². The Morgan fingerprint density at radius 3 is 2.95 bits per heavy atom. The summed E-state index contributed by atoms with van der Waals surface area (Å²) in [6.07, 6.45) is 8.15. The lowest BCUT2D eigenvalue weighted by molar-refractivity contribution is 1.13. The number of rotatable bonds is 2. The van der Waals surface area contributed by atoms with Crippen LogP contribution in [0, 0.1) is 0 Å². The van der Waals surface area contributed by atoms with Gasteiger partial charge in [-0.1, -0.05) is 17.7 Å². The Bertz CT molecular complexity index is 857. The molecule has 3 aromatic heterocycles. The molecule has 6 heteroatoms. The molecule has 0 fully saturated rings. The van der Waals surface area contributed by atoms with Gasteiger partial charge in [0.05, 0.1) is 17.1 Å². The smallest absolute Gasteiger partial charge is 0.259 e. The van der Waals surface area contributed by atoms with E-state index in [1.54, 1.807) is 42.9 Å². The van der Waals surface area contributed by atoms with Crippen molar-refractivity contribution in [3.63, 3.8) is 0 Å². The third-order valence-electron chi connectivity index (χ3n) is 2.74. The first kappa shape index (κ1) is 12.5. The van der Waals surface area contributed by atoms with Crippen molar-refractivity contribution in [2.75, 3.05) is 0 Å². The second-order valence-corrected chi connectivity index (χ2v) is 4.42. The van der Waals surface area contributed by atoms with Crippen molar-refractivity contribution in [3.8, 4) is 0 Å². The molecule has 0 amide bonds. The molecular formula is C14H9ClN4O. The van der Waals surface area contributed by atoms with Gasteiger partial charge in [-0.05, 0) is 24.3 Å². The average molecular weight is 285 g/mol. The molecule has 3 aromatic rings. The molecular weight excluding hydrogens is 276 g/mol. The lowest BCUT2D eigenvalue weighted by Crippen LogP contribution is -2.09. The number of hydrogen-bond donors (Lipinski definition) is 1. The van der Waals surface area contributed by atoms with Crippen molar-refractivity contribution < 1.29 is 0 Å². The van der Waals surface area contributed by atoms with E-state index >= 15 is 0 Å². The predicted octanol–water partition coefficient (Wildman–Crippen LogP) is 2.54. The Balaban J connectivity index is 2.04. The molecule has 0 aliphatic rings. The molecule has 0 saturated heterocycles. The van der Waals surface area contributed by atoms with Crippen LogP contribution >= 0.6 is 11.6 Å². The van der Waals surface area contributed by atoms with E-state index in [-0.39, 0.29) is 5.56 Å². The Kier molecular flexibility index (Phi) is 3.26. The Labute approximate surface area is 119 Å². The summed E-state index contributed by atoms with van der Waals surface area (Å²) in [5.74, 6) is 0.440. The van der Waals surface area contributed by atoms with Crippen LogP contribution in [-0.2, 0) is 0 Å². The first-order chi connectivity index (χ1) is 9.74. The molecule has 5 nitrogen and oxygen atoms in total. The third-order valence-corrected chi connectivity index (χ3v) is 3.05. The van der Waals surface area contributed by atoms with E-state index in [1.807, 2.05) is 6.07 Å². The fourth-order valence-corrected chi connectivity index (χ4v) is 1.96. The summed E-state index contributed by atoms with van der Waals surface area (Å²) in [6.45, 7) is 0. The Morgan fingerprint density at radius 2 is 2.10 bits per heavy atom. The molecule has 0 aromatic carbocycles. The monoisotopic (exact) mass is 284 g/mol. The zero-order valence-corrected chi connectivity index (χ0v) is 11.0. The highest BCUT2D eigenvalue weighted by molar-refractivity contribution is 6.30. The Morgan fingerprint density at radius 1 is 1.20 bits per heavy atom. The molecule has 0 bridgehead atoms. The third kappa shape index (κ3) is 2.44. The normalized spacial score (nSPS) is 11.2. The molecule has 0 aliphatic heterocycles. The summed E-state index contributed by atoms with van der Waals surface area (Å²) in [4.78, 5) is 26.8. The summed E-state index contributed by atoms with van der Waals surface area (Å²) in [6, 6.07) is 5.24. The van der Waals surface area contributed by atoms with E-state index in [2.05, 4.69) is 19.9 Å². The van der Waals surface area contributed by atoms with Crippen molar-refractivity contribution in [3.05, 3.63) is 63.7 Å². The number of aromatic nitrogens is 4.